The molecule has 0 unspecified atom stereocenters. The minimum absolute atomic E-state index is 0.00678. The molecule has 2 aromatic carbocycles. The van der Waals surface area contributed by atoms with E-state index in [0.717, 1.165) is 16.9 Å². The van der Waals surface area contributed by atoms with E-state index in [1.165, 1.54) is 0 Å². The van der Waals surface area contributed by atoms with E-state index in [-0.39, 0.29) is 11.3 Å². The Bertz CT molecular complexity index is 956. The number of nitrogens with zero attached hydrogens (tertiary/aromatic N) is 1. The minimum Gasteiger partial charge on any atom is -0.495 e. The van der Waals surface area contributed by atoms with Gasteiger partial charge in [0.2, 0.25) is 5.91 Å². The summed E-state index contributed by atoms with van der Waals surface area (Å²) in [5.74, 6) is 1.99. The zero-order valence-electron chi connectivity index (χ0n) is 17.5. The Labute approximate surface area is 172 Å². The summed E-state index contributed by atoms with van der Waals surface area (Å²) in [6.07, 6.45) is 3.38. The fourth-order valence-electron chi connectivity index (χ4n) is 3.05. The van der Waals surface area contributed by atoms with Crippen molar-refractivity contribution in [3.8, 4) is 17.1 Å². The number of anilines is 1. The first-order valence-electron chi connectivity index (χ1n) is 9.85. The number of benzene rings is 2. The van der Waals surface area contributed by atoms with Crippen molar-refractivity contribution in [2.75, 3.05) is 12.4 Å². The largest absolute Gasteiger partial charge is 0.495 e. The number of amides is 1. The lowest BCUT2D eigenvalue weighted by Crippen LogP contribution is -2.15. The highest BCUT2D eigenvalue weighted by Crippen LogP contribution is 2.31. The first kappa shape index (κ1) is 20.6. The maximum absolute atomic E-state index is 12.4. The summed E-state index contributed by atoms with van der Waals surface area (Å²) in [5.41, 5.74) is 2.83. The van der Waals surface area contributed by atoms with Crippen molar-refractivity contribution in [1.82, 2.24) is 4.98 Å². The van der Waals surface area contributed by atoms with Gasteiger partial charge < -0.3 is 14.5 Å². The second-order valence-corrected chi connectivity index (χ2v) is 8.05. The highest BCUT2D eigenvalue weighted by Gasteiger charge is 2.17. The topological polar surface area (TPSA) is 64.4 Å². The first-order chi connectivity index (χ1) is 13.9. The second kappa shape index (κ2) is 8.95. The fourth-order valence-corrected chi connectivity index (χ4v) is 3.05. The average Bonchev–Trinajstić information content (AvgIpc) is 3.17. The van der Waals surface area contributed by atoms with Crippen LogP contribution in [0.25, 0.3) is 11.3 Å². The Kier molecular flexibility index (Phi) is 6.37. The van der Waals surface area contributed by atoms with Crippen LogP contribution in [0, 0.1) is 0 Å². The van der Waals surface area contributed by atoms with Crippen LogP contribution in [-0.2, 0) is 16.6 Å². The Morgan fingerprint density at radius 1 is 1.14 bits per heavy atom. The molecule has 0 saturated heterocycles. The molecule has 3 rings (SSSR count). The van der Waals surface area contributed by atoms with Crippen molar-refractivity contribution >= 4 is 11.6 Å². The zero-order chi connectivity index (χ0) is 20.9. The molecule has 5 heteroatoms. The quantitative estimate of drug-likeness (QED) is 0.568. The maximum Gasteiger partial charge on any atom is 0.224 e. The van der Waals surface area contributed by atoms with Gasteiger partial charge >= 0.3 is 0 Å². The van der Waals surface area contributed by atoms with Crippen molar-refractivity contribution in [3.63, 3.8) is 0 Å². The van der Waals surface area contributed by atoms with Crippen LogP contribution in [0.2, 0.25) is 0 Å². The number of oxazole rings is 1. The Morgan fingerprint density at radius 3 is 2.59 bits per heavy atom. The summed E-state index contributed by atoms with van der Waals surface area (Å²) in [5, 5.41) is 2.98. The smallest absolute Gasteiger partial charge is 0.224 e. The molecule has 0 fully saturated rings. The average molecular weight is 392 g/mol. The first-order valence-corrected chi connectivity index (χ1v) is 9.85. The molecular weight excluding hydrogens is 364 g/mol. The number of rotatable bonds is 7. The van der Waals surface area contributed by atoms with E-state index in [1.807, 2.05) is 48.5 Å². The predicted octanol–water partition coefficient (Wildman–Crippen LogP) is 5.61. The van der Waals surface area contributed by atoms with Gasteiger partial charge in [0.25, 0.3) is 0 Å². The Hall–Kier alpha value is -3.08. The van der Waals surface area contributed by atoms with E-state index in [9.17, 15) is 4.79 Å². The number of carbonyl (C=O) groups excluding carboxylic acids is 1. The molecule has 5 nitrogen and oxygen atoms in total. The van der Waals surface area contributed by atoms with Crippen LogP contribution in [-0.4, -0.2) is 18.0 Å². The van der Waals surface area contributed by atoms with Gasteiger partial charge in [-0.1, -0.05) is 57.2 Å². The van der Waals surface area contributed by atoms with Crippen molar-refractivity contribution < 1.29 is 13.9 Å². The molecule has 0 saturated carbocycles. The molecule has 0 atom stereocenters. The molecule has 152 valence electrons. The number of carbonyl (C=O) groups is 1. The lowest BCUT2D eigenvalue weighted by molar-refractivity contribution is -0.116. The van der Waals surface area contributed by atoms with Gasteiger partial charge in [-0.25, -0.2) is 4.98 Å². The molecule has 29 heavy (non-hydrogen) atoms. The Morgan fingerprint density at radius 2 is 1.90 bits per heavy atom. The van der Waals surface area contributed by atoms with Gasteiger partial charge in [0.1, 0.15) is 5.75 Å². The van der Waals surface area contributed by atoms with Crippen LogP contribution in [0.5, 0.6) is 5.75 Å². The highest BCUT2D eigenvalue weighted by atomic mass is 16.5. The summed E-state index contributed by atoms with van der Waals surface area (Å²) in [4.78, 5) is 16.8. The van der Waals surface area contributed by atoms with E-state index in [1.54, 1.807) is 13.3 Å². The zero-order valence-corrected chi connectivity index (χ0v) is 17.5. The molecule has 0 bridgehead atoms. The van der Waals surface area contributed by atoms with Crippen LogP contribution in [0.15, 0.2) is 59.1 Å². The molecule has 0 aliphatic heterocycles. The summed E-state index contributed by atoms with van der Waals surface area (Å²) in [6.45, 7) is 6.42. The molecule has 0 aliphatic rings. The van der Waals surface area contributed by atoms with Crippen LogP contribution >= 0.6 is 0 Å². The van der Waals surface area contributed by atoms with Crippen LogP contribution < -0.4 is 10.1 Å². The van der Waals surface area contributed by atoms with E-state index >= 15 is 0 Å². The number of aryl methyl sites for hydroxylation is 1. The van der Waals surface area contributed by atoms with E-state index in [2.05, 4.69) is 31.1 Å². The van der Waals surface area contributed by atoms with Gasteiger partial charge in [-0.2, -0.15) is 0 Å². The monoisotopic (exact) mass is 392 g/mol. The third kappa shape index (κ3) is 5.47. The van der Waals surface area contributed by atoms with Gasteiger partial charge in [-0.3, -0.25) is 4.79 Å². The summed E-state index contributed by atoms with van der Waals surface area (Å²) >= 11 is 0. The van der Waals surface area contributed by atoms with Gasteiger partial charge in [-0.05, 0) is 29.5 Å². The molecule has 0 aliphatic carbocycles. The van der Waals surface area contributed by atoms with E-state index < -0.39 is 0 Å². The number of nitrogens with one attached hydrogen (secondary N) is 1. The molecular formula is C24H28N2O3. The lowest BCUT2D eigenvalue weighted by Gasteiger charge is -2.21. The summed E-state index contributed by atoms with van der Waals surface area (Å²) in [6, 6.07) is 15.8. The highest BCUT2D eigenvalue weighted by molar-refractivity contribution is 5.92. The maximum atomic E-state index is 12.4. The second-order valence-electron chi connectivity index (χ2n) is 8.05. The SMILES string of the molecule is COc1ccc(C(C)(C)C)cc1NC(=O)CCCc1ncc(-c2ccccc2)o1. The fraction of sp³-hybridized carbons (Fsp3) is 0.333. The van der Waals surface area contributed by atoms with Crippen molar-refractivity contribution in [2.24, 2.45) is 0 Å². The third-order valence-electron chi connectivity index (χ3n) is 4.75. The predicted molar refractivity (Wildman–Crippen MR) is 115 cm³/mol. The van der Waals surface area contributed by atoms with E-state index in [0.29, 0.717) is 36.6 Å². The summed E-state index contributed by atoms with van der Waals surface area (Å²) < 4.78 is 11.2. The van der Waals surface area contributed by atoms with Crippen molar-refractivity contribution in [1.29, 1.82) is 0 Å². The van der Waals surface area contributed by atoms with E-state index in [4.69, 9.17) is 9.15 Å². The molecule has 1 N–H and O–H groups in total. The number of methoxy groups -OCH3 is 1. The number of hydrogen-bond donors (Lipinski definition) is 1. The normalized spacial score (nSPS) is 11.3. The third-order valence-corrected chi connectivity index (χ3v) is 4.75. The molecule has 0 spiro atoms. The van der Waals surface area contributed by atoms with Crippen LogP contribution in [0.4, 0.5) is 5.69 Å². The summed E-state index contributed by atoms with van der Waals surface area (Å²) in [7, 11) is 1.61. The minimum atomic E-state index is -0.0517. The number of ether oxygens (including phenoxy) is 1. The standard InChI is InChI=1S/C24H28N2O3/c1-24(2,3)18-13-14-20(28-4)19(15-18)26-22(27)11-8-12-23-25-16-21(29-23)17-9-6-5-7-10-17/h5-7,9-10,13-16H,8,11-12H2,1-4H3,(H,26,27). The van der Waals surface area contributed by atoms with Crippen LogP contribution in [0.3, 0.4) is 0 Å². The molecule has 0 radical (unpaired) electrons. The molecule has 3 aromatic rings. The molecule has 1 aromatic heterocycles. The lowest BCUT2D eigenvalue weighted by atomic mass is 9.87. The molecule has 1 heterocycles. The number of aromatic nitrogens is 1. The van der Waals surface area contributed by atoms with Crippen molar-refractivity contribution in [2.45, 2.75) is 45.4 Å². The van der Waals surface area contributed by atoms with Gasteiger partial charge in [0, 0.05) is 18.4 Å². The Balaban J connectivity index is 1.56. The van der Waals surface area contributed by atoms with Gasteiger partial charge in [0.05, 0.1) is 19.0 Å². The van der Waals surface area contributed by atoms with Gasteiger partial charge in [0.15, 0.2) is 11.7 Å². The van der Waals surface area contributed by atoms with Crippen molar-refractivity contribution in [3.05, 3.63) is 66.2 Å². The molecule has 1 amide bonds. The van der Waals surface area contributed by atoms with Gasteiger partial charge in [-0.15, -0.1) is 0 Å². The number of hydrogen-bond acceptors (Lipinski definition) is 4. The van der Waals surface area contributed by atoms with Crippen LogP contribution in [0.1, 0.15) is 45.1 Å².